The number of hydrogen-bond donors (Lipinski definition) is 0. The van der Waals surface area contributed by atoms with E-state index in [-0.39, 0.29) is 0 Å². The zero-order valence-electron chi connectivity index (χ0n) is 32.6. The molecule has 8 aliphatic rings. The molecule has 0 nitrogen and oxygen atoms in total. The summed E-state index contributed by atoms with van der Waals surface area (Å²) in [6.45, 7) is 4.59. The smallest absolute Gasteiger partial charge is 0.0128 e. The number of fused-ring (bicyclic) bond motifs is 13. The summed E-state index contributed by atoms with van der Waals surface area (Å²) in [7, 11) is 0. The van der Waals surface area contributed by atoms with Crippen molar-refractivity contribution >= 4 is 0 Å². The molecular weight excluding hydrogens is 601 g/mol. The van der Waals surface area contributed by atoms with Gasteiger partial charge in [0.05, 0.1) is 0 Å². The summed E-state index contributed by atoms with van der Waals surface area (Å²) >= 11 is 0. The highest BCUT2D eigenvalue weighted by Crippen LogP contribution is 2.68. The summed E-state index contributed by atoms with van der Waals surface area (Å²) in [6, 6.07) is 11.3. The van der Waals surface area contributed by atoms with Crippen LogP contribution < -0.4 is 0 Å². The predicted molar refractivity (Wildman–Crippen MR) is 216 cm³/mol. The molecule has 0 spiro atoms. The third kappa shape index (κ3) is 8.96. The van der Waals surface area contributed by atoms with Crippen LogP contribution in [0.25, 0.3) is 0 Å². The van der Waals surface area contributed by atoms with E-state index >= 15 is 0 Å². The third-order valence-electron chi connectivity index (χ3n) is 15.7. The highest BCUT2D eigenvalue weighted by molar-refractivity contribution is 5.28. The lowest BCUT2D eigenvalue weighted by Crippen LogP contribution is -2.29. The van der Waals surface area contributed by atoms with Crippen LogP contribution in [0.5, 0.6) is 0 Å². The summed E-state index contributed by atoms with van der Waals surface area (Å²) in [4.78, 5) is 0. The molecule has 13 atom stereocenters. The number of unbranched alkanes of at least 4 members (excludes halogenated alkanes) is 12. The molecule has 0 radical (unpaired) electrons. The monoisotopic (exact) mass is 677 g/mol. The number of rotatable bonds is 17. The maximum Gasteiger partial charge on any atom is -0.0128 e. The number of benzene rings is 1. The van der Waals surface area contributed by atoms with Crippen LogP contribution in [0.3, 0.4) is 0 Å². The van der Waals surface area contributed by atoms with Crippen LogP contribution in [-0.2, 0) is 0 Å². The minimum atomic E-state index is 0.880. The topological polar surface area (TPSA) is 0 Å². The molecule has 8 aliphatic carbocycles. The second-order valence-corrected chi connectivity index (χ2v) is 18.9. The average molecular weight is 677 g/mol. The molecule has 0 heteroatoms. The predicted octanol–water partition coefficient (Wildman–Crippen LogP) is 14.9. The first-order valence-electron chi connectivity index (χ1n) is 22.8. The second-order valence-electron chi connectivity index (χ2n) is 18.9. The van der Waals surface area contributed by atoms with Crippen LogP contribution in [0.15, 0.2) is 66.8 Å². The van der Waals surface area contributed by atoms with Gasteiger partial charge in [0.1, 0.15) is 0 Å². The van der Waals surface area contributed by atoms with Crippen molar-refractivity contribution in [3.63, 3.8) is 0 Å². The minimum absolute atomic E-state index is 0.880. The van der Waals surface area contributed by atoms with E-state index in [4.69, 9.17) is 0 Å². The van der Waals surface area contributed by atoms with Gasteiger partial charge in [-0.25, -0.2) is 0 Å². The Labute approximate surface area is 309 Å². The van der Waals surface area contributed by atoms with Crippen molar-refractivity contribution in [2.45, 2.75) is 167 Å². The van der Waals surface area contributed by atoms with Crippen LogP contribution in [0.1, 0.15) is 173 Å². The summed E-state index contributed by atoms with van der Waals surface area (Å²) < 4.78 is 0. The van der Waals surface area contributed by atoms with Gasteiger partial charge in [0.25, 0.3) is 0 Å². The SMILES string of the molecule is C1=CC2CC1C1C3CC(c4ccccc4)C(C3)C21.CCCCCCCCC1CC2C=CC1C2.CCCCCCCCCCC1CC2C=CC1C2. The Balaban J connectivity index is 0.000000118. The Morgan fingerprint density at radius 1 is 0.440 bits per heavy atom. The van der Waals surface area contributed by atoms with E-state index in [1.165, 1.54) is 148 Å². The minimum Gasteiger partial charge on any atom is -0.0851 e. The fraction of sp³-hybridized carbons (Fsp3) is 0.760. The van der Waals surface area contributed by atoms with E-state index < -0.39 is 0 Å². The molecule has 5 fully saturated rings. The zero-order valence-corrected chi connectivity index (χ0v) is 32.6. The van der Waals surface area contributed by atoms with E-state index in [0.717, 1.165) is 76.9 Å². The highest BCUT2D eigenvalue weighted by Gasteiger charge is 2.60. The van der Waals surface area contributed by atoms with E-state index in [9.17, 15) is 0 Å². The lowest BCUT2D eigenvalue weighted by molar-refractivity contribution is 0.185. The average Bonchev–Trinajstić information content (AvgIpc) is 4.01. The summed E-state index contributed by atoms with van der Waals surface area (Å²) in [5.74, 6) is 13.0. The Bertz CT molecular complexity index is 1220. The molecule has 1 aromatic carbocycles. The first kappa shape index (κ1) is 36.8. The summed E-state index contributed by atoms with van der Waals surface area (Å²) in [5.41, 5.74) is 1.62. The Kier molecular flexibility index (Phi) is 13.6. The molecule has 0 saturated heterocycles. The van der Waals surface area contributed by atoms with E-state index in [2.05, 4.69) is 80.6 Å². The van der Waals surface area contributed by atoms with Gasteiger partial charge in [-0.2, -0.15) is 0 Å². The van der Waals surface area contributed by atoms with Gasteiger partial charge in [-0.1, -0.05) is 171 Å². The Morgan fingerprint density at radius 2 is 0.940 bits per heavy atom. The normalized spacial score (nSPS) is 38.5. The molecule has 0 aliphatic heterocycles. The van der Waals surface area contributed by atoms with Gasteiger partial charge in [-0.3, -0.25) is 0 Å². The third-order valence-corrected chi connectivity index (χ3v) is 15.7. The highest BCUT2D eigenvalue weighted by atomic mass is 14.6. The van der Waals surface area contributed by atoms with Gasteiger partial charge in [0, 0.05) is 0 Å². The molecule has 9 rings (SSSR count). The molecule has 5 saturated carbocycles. The number of hydrogen-bond acceptors (Lipinski definition) is 0. The van der Waals surface area contributed by atoms with Gasteiger partial charge in [0.2, 0.25) is 0 Å². The zero-order chi connectivity index (χ0) is 34.1. The van der Waals surface area contributed by atoms with Crippen molar-refractivity contribution in [2.75, 3.05) is 0 Å². The largest absolute Gasteiger partial charge is 0.0851 e. The second kappa shape index (κ2) is 18.5. The molecule has 13 unspecified atom stereocenters. The molecule has 276 valence electrons. The van der Waals surface area contributed by atoms with E-state index in [1.807, 2.05) is 0 Å². The van der Waals surface area contributed by atoms with Crippen LogP contribution in [-0.4, -0.2) is 0 Å². The molecule has 50 heavy (non-hydrogen) atoms. The molecule has 1 aromatic rings. The van der Waals surface area contributed by atoms with Crippen molar-refractivity contribution in [3.05, 3.63) is 72.4 Å². The maximum atomic E-state index is 2.55. The van der Waals surface area contributed by atoms with Crippen molar-refractivity contribution in [1.29, 1.82) is 0 Å². The van der Waals surface area contributed by atoms with Crippen LogP contribution in [0.2, 0.25) is 0 Å². The molecular formula is C50H76. The van der Waals surface area contributed by atoms with Crippen LogP contribution >= 0.6 is 0 Å². The van der Waals surface area contributed by atoms with Gasteiger partial charge in [0.15, 0.2) is 0 Å². The van der Waals surface area contributed by atoms with Crippen molar-refractivity contribution in [3.8, 4) is 0 Å². The molecule has 0 aromatic heterocycles. The van der Waals surface area contributed by atoms with Gasteiger partial charge in [-0.05, 0) is 140 Å². The quantitative estimate of drug-likeness (QED) is 0.0875. The van der Waals surface area contributed by atoms with Crippen molar-refractivity contribution in [1.82, 2.24) is 0 Å². The fourth-order valence-corrected chi connectivity index (χ4v) is 13.3. The lowest BCUT2D eigenvalue weighted by atomic mass is 9.68. The molecule has 8 bridgehead atoms. The first-order chi connectivity index (χ1) is 24.7. The lowest BCUT2D eigenvalue weighted by Gasteiger charge is -2.37. The van der Waals surface area contributed by atoms with Crippen molar-refractivity contribution < 1.29 is 0 Å². The maximum absolute atomic E-state index is 2.55. The van der Waals surface area contributed by atoms with Crippen LogP contribution in [0, 0.1) is 71.0 Å². The standard InChI is InChI=1S/C18H20.C17H30.C15H26/c1-2-4-11(5-3-1)15-9-14-10-16(15)18-13-7-6-12(8-13)17(14)18;1-2-3-4-5-6-7-8-9-10-16-13-15-11-12-17(16)14-15;1-2-3-4-5-6-7-8-14-11-13-9-10-15(14)12-13/h1-7,12-18H,8-10H2;11-12,15-17H,2-10,13-14H2,1H3;9-10,13-15H,2-8,11-12H2,1H3. The molecule has 0 amide bonds. The fourth-order valence-electron chi connectivity index (χ4n) is 13.3. The Hall–Kier alpha value is -1.56. The first-order valence-corrected chi connectivity index (χ1v) is 22.8. The van der Waals surface area contributed by atoms with Gasteiger partial charge >= 0.3 is 0 Å². The van der Waals surface area contributed by atoms with E-state index in [0.29, 0.717) is 0 Å². The summed E-state index contributed by atoms with van der Waals surface area (Å²) in [5, 5.41) is 0. The molecule has 0 N–H and O–H groups in total. The van der Waals surface area contributed by atoms with Gasteiger partial charge in [-0.15, -0.1) is 0 Å². The Morgan fingerprint density at radius 3 is 1.44 bits per heavy atom. The van der Waals surface area contributed by atoms with Crippen LogP contribution in [0.4, 0.5) is 0 Å². The van der Waals surface area contributed by atoms with Crippen molar-refractivity contribution in [2.24, 2.45) is 71.0 Å². The number of allylic oxidation sites excluding steroid dienone is 6. The van der Waals surface area contributed by atoms with E-state index in [1.54, 1.807) is 5.56 Å². The molecule has 0 heterocycles. The summed E-state index contributed by atoms with van der Waals surface area (Å²) in [6.07, 6.45) is 49.0. The van der Waals surface area contributed by atoms with Gasteiger partial charge < -0.3 is 0 Å².